The first-order valence-corrected chi connectivity index (χ1v) is 7.07. The van der Waals surface area contributed by atoms with Crippen LogP contribution in [-0.4, -0.2) is 34.4 Å². The van der Waals surface area contributed by atoms with E-state index >= 15 is 0 Å². The zero-order valence-electron chi connectivity index (χ0n) is 11.9. The van der Waals surface area contributed by atoms with Gasteiger partial charge in [0.2, 0.25) is 0 Å². The van der Waals surface area contributed by atoms with Crippen LogP contribution in [0.5, 0.6) is 0 Å². The lowest BCUT2D eigenvalue weighted by molar-refractivity contribution is 0.0696. The van der Waals surface area contributed by atoms with Gasteiger partial charge in [0, 0.05) is 5.69 Å². The third-order valence-corrected chi connectivity index (χ3v) is 3.76. The van der Waals surface area contributed by atoms with Crippen molar-refractivity contribution in [2.75, 3.05) is 5.32 Å². The van der Waals surface area contributed by atoms with Crippen LogP contribution >= 0.6 is 0 Å². The van der Waals surface area contributed by atoms with Gasteiger partial charge in [0.1, 0.15) is 0 Å². The van der Waals surface area contributed by atoms with Crippen molar-refractivity contribution in [3.05, 3.63) is 29.3 Å². The predicted molar refractivity (Wildman–Crippen MR) is 78.6 cm³/mol. The molecular weight excluding hydrogens is 272 g/mol. The van der Waals surface area contributed by atoms with Gasteiger partial charge in [-0.2, -0.15) is 0 Å². The van der Waals surface area contributed by atoms with E-state index in [1.54, 1.807) is 19.1 Å². The number of aliphatic hydroxyl groups is 1. The fraction of sp³-hybridized carbons (Fsp3) is 0.467. The molecule has 0 bridgehead atoms. The van der Waals surface area contributed by atoms with Crippen molar-refractivity contribution in [3.63, 3.8) is 0 Å². The van der Waals surface area contributed by atoms with Gasteiger partial charge in [0.25, 0.3) is 0 Å². The topological polar surface area (TPSA) is 98.7 Å². The first-order valence-electron chi connectivity index (χ1n) is 7.07. The van der Waals surface area contributed by atoms with E-state index in [1.807, 2.05) is 0 Å². The summed E-state index contributed by atoms with van der Waals surface area (Å²) in [6.07, 6.45) is 2.95. The van der Waals surface area contributed by atoms with E-state index in [-0.39, 0.29) is 17.6 Å². The molecule has 114 valence electrons. The van der Waals surface area contributed by atoms with Gasteiger partial charge < -0.3 is 20.8 Å². The van der Waals surface area contributed by atoms with E-state index in [4.69, 9.17) is 5.11 Å². The van der Waals surface area contributed by atoms with Crippen molar-refractivity contribution in [3.8, 4) is 0 Å². The Morgan fingerprint density at radius 2 is 1.95 bits per heavy atom. The average Bonchev–Trinajstić information content (AvgIpc) is 2.41. The summed E-state index contributed by atoms with van der Waals surface area (Å²) in [5.41, 5.74) is 1.32. The largest absolute Gasteiger partial charge is 0.478 e. The molecule has 2 rings (SSSR count). The summed E-state index contributed by atoms with van der Waals surface area (Å²) in [5.74, 6) is -0.992. The Labute approximate surface area is 123 Å². The zero-order chi connectivity index (χ0) is 15.4. The number of hydrogen-bond donors (Lipinski definition) is 4. The Balaban J connectivity index is 1.96. The molecule has 0 heterocycles. The van der Waals surface area contributed by atoms with Crippen molar-refractivity contribution >= 4 is 17.7 Å². The maximum atomic E-state index is 11.9. The standard InChI is InChI=1S/C15H20N2O4/c1-9-8-10(6-7-11(9)14(19)20)16-15(21)17-12-4-2-3-5-13(12)18/h6-8,12-13,18H,2-5H2,1H3,(H,19,20)(H2,16,17,21). The molecule has 2 unspecified atom stereocenters. The second-order valence-corrected chi connectivity index (χ2v) is 5.39. The Morgan fingerprint density at radius 1 is 1.24 bits per heavy atom. The number of urea groups is 1. The molecule has 1 saturated carbocycles. The molecule has 1 aromatic rings. The first-order chi connectivity index (χ1) is 9.97. The lowest BCUT2D eigenvalue weighted by Gasteiger charge is -2.28. The molecule has 4 N–H and O–H groups in total. The third kappa shape index (κ3) is 3.95. The number of carbonyl (C=O) groups excluding carboxylic acids is 1. The van der Waals surface area contributed by atoms with Gasteiger partial charge in [-0.15, -0.1) is 0 Å². The Bertz CT molecular complexity index is 544. The number of rotatable bonds is 3. The summed E-state index contributed by atoms with van der Waals surface area (Å²) in [4.78, 5) is 22.8. The summed E-state index contributed by atoms with van der Waals surface area (Å²) < 4.78 is 0. The van der Waals surface area contributed by atoms with Crippen molar-refractivity contribution in [1.29, 1.82) is 0 Å². The molecule has 1 aliphatic rings. The van der Waals surface area contributed by atoms with Gasteiger partial charge >= 0.3 is 12.0 Å². The number of aryl methyl sites for hydroxylation is 1. The molecule has 0 saturated heterocycles. The van der Waals surface area contributed by atoms with E-state index in [0.29, 0.717) is 17.7 Å². The number of carbonyl (C=O) groups is 2. The fourth-order valence-electron chi connectivity index (χ4n) is 2.60. The molecular formula is C15H20N2O4. The minimum atomic E-state index is -0.992. The SMILES string of the molecule is Cc1cc(NC(=O)NC2CCCCC2O)ccc1C(=O)O. The highest BCUT2D eigenvalue weighted by Gasteiger charge is 2.24. The van der Waals surface area contributed by atoms with E-state index in [0.717, 1.165) is 19.3 Å². The van der Waals surface area contributed by atoms with Crippen LogP contribution in [0, 0.1) is 6.92 Å². The van der Waals surface area contributed by atoms with Crippen molar-refractivity contribution < 1.29 is 19.8 Å². The van der Waals surface area contributed by atoms with Gasteiger partial charge in [-0.05, 0) is 43.5 Å². The lowest BCUT2D eigenvalue weighted by atomic mass is 9.93. The second kappa shape index (κ2) is 6.58. The average molecular weight is 292 g/mol. The van der Waals surface area contributed by atoms with Gasteiger partial charge in [0.15, 0.2) is 0 Å². The van der Waals surface area contributed by atoms with Crippen molar-refractivity contribution in [2.45, 2.75) is 44.8 Å². The van der Waals surface area contributed by atoms with Crippen LogP contribution in [-0.2, 0) is 0 Å². The lowest BCUT2D eigenvalue weighted by Crippen LogP contribution is -2.46. The maximum absolute atomic E-state index is 11.9. The van der Waals surface area contributed by atoms with E-state index in [9.17, 15) is 14.7 Å². The van der Waals surface area contributed by atoms with Crippen LogP contribution in [0.25, 0.3) is 0 Å². The summed E-state index contributed by atoms with van der Waals surface area (Å²) in [6, 6.07) is 4.01. The quantitative estimate of drug-likeness (QED) is 0.685. The highest BCUT2D eigenvalue weighted by molar-refractivity contribution is 5.92. The monoisotopic (exact) mass is 292 g/mol. The van der Waals surface area contributed by atoms with Crippen molar-refractivity contribution in [2.24, 2.45) is 0 Å². The van der Waals surface area contributed by atoms with Crippen LogP contribution in [0.15, 0.2) is 18.2 Å². The zero-order valence-corrected chi connectivity index (χ0v) is 11.9. The summed E-state index contributed by atoms with van der Waals surface area (Å²) in [5, 5.41) is 24.2. The fourth-order valence-corrected chi connectivity index (χ4v) is 2.60. The minimum Gasteiger partial charge on any atom is -0.478 e. The Hall–Kier alpha value is -2.08. The number of aliphatic hydroxyl groups excluding tert-OH is 1. The molecule has 6 nitrogen and oxygen atoms in total. The summed E-state index contributed by atoms with van der Waals surface area (Å²) in [7, 11) is 0. The van der Waals surface area contributed by atoms with Crippen LogP contribution in [0.2, 0.25) is 0 Å². The molecule has 1 aromatic carbocycles. The second-order valence-electron chi connectivity index (χ2n) is 5.39. The highest BCUT2D eigenvalue weighted by Crippen LogP contribution is 2.19. The smallest absolute Gasteiger partial charge is 0.335 e. The van der Waals surface area contributed by atoms with E-state index < -0.39 is 12.1 Å². The van der Waals surface area contributed by atoms with Crippen molar-refractivity contribution in [1.82, 2.24) is 5.32 Å². The van der Waals surface area contributed by atoms with E-state index in [1.165, 1.54) is 6.07 Å². The number of anilines is 1. The molecule has 2 atom stereocenters. The highest BCUT2D eigenvalue weighted by atomic mass is 16.4. The minimum absolute atomic E-state index is 0.212. The van der Waals surface area contributed by atoms with Gasteiger partial charge in [-0.3, -0.25) is 0 Å². The van der Waals surface area contributed by atoms with Crippen LogP contribution in [0.1, 0.15) is 41.6 Å². The maximum Gasteiger partial charge on any atom is 0.335 e. The number of benzene rings is 1. The molecule has 0 spiro atoms. The molecule has 0 aliphatic heterocycles. The normalized spacial score (nSPS) is 21.6. The van der Waals surface area contributed by atoms with E-state index in [2.05, 4.69) is 10.6 Å². The predicted octanol–water partition coefficient (Wildman–Crippen LogP) is 2.12. The number of hydrogen-bond acceptors (Lipinski definition) is 3. The molecule has 1 fully saturated rings. The number of amides is 2. The molecule has 2 amide bonds. The Morgan fingerprint density at radius 3 is 2.57 bits per heavy atom. The van der Waals surface area contributed by atoms with Crippen LogP contribution in [0.3, 0.4) is 0 Å². The Kier molecular flexibility index (Phi) is 4.80. The molecule has 0 radical (unpaired) electrons. The molecule has 21 heavy (non-hydrogen) atoms. The van der Waals surface area contributed by atoms with Gasteiger partial charge in [0.05, 0.1) is 17.7 Å². The third-order valence-electron chi connectivity index (χ3n) is 3.76. The molecule has 1 aliphatic carbocycles. The van der Waals surface area contributed by atoms with Gasteiger partial charge in [-0.1, -0.05) is 12.8 Å². The summed E-state index contributed by atoms with van der Waals surface area (Å²) >= 11 is 0. The van der Waals surface area contributed by atoms with Crippen LogP contribution in [0.4, 0.5) is 10.5 Å². The van der Waals surface area contributed by atoms with Gasteiger partial charge in [-0.25, -0.2) is 9.59 Å². The molecule has 0 aromatic heterocycles. The summed E-state index contributed by atoms with van der Waals surface area (Å²) in [6.45, 7) is 1.68. The first kappa shape index (κ1) is 15.3. The number of nitrogens with one attached hydrogen (secondary N) is 2. The van der Waals surface area contributed by atoms with Crippen LogP contribution < -0.4 is 10.6 Å². The molecule has 6 heteroatoms. The number of carboxylic acids is 1. The number of aromatic carboxylic acids is 1. The number of carboxylic acid groups (broad SMARTS) is 1.